The summed E-state index contributed by atoms with van der Waals surface area (Å²) >= 11 is 0. The van der Waals surface area contributed by atoms with E-state index < -0.39 is 23.1 Å². The van der Waals surface area contributed by atoms with Crippen LogP contribution in [0.15, 0.2) is 71.9 Å². The Bertz CT molecular complexity index is 2110. The fourth-order valence-corrected chi connectivity index (χ4v) is 6.37. The summed E-state index contributed by atoms with van der Waals surface area (Å²) in [6.45, 7) is 5.15. The monoisotopic (exact) mass is 650 g/mol. The highest BCUT2D eigenvalue weighted by molar-refractivity contribution is 6.06. The van der Waals surface area contributed by atoms with Crippen LogP contribution in [0.3, 0.4) is 0 Å². The first-order chi connectivity index (χ1) is 22.9. The summed E-state index contributed by atoms with van der Waals surface area (Å²) in [5.74, 6) is -1.48. The van der Waals surface area contributed by atoms with Gasteiger partial charge in [-0.05, 0) is 54.3 Å². The Morgan fingerprint density at radius 1 is 1.00 bits per heavy atom. The summed E-state index contributed by atoms with van der Waals surface area (Å²) < 4.78 is 16.7. The quantitative estimate of drug-likeness (QED) is 0.237. The molecular weight excluding hydrogens is 615 g/mol. The van der Waals surface area contributed by atoms with Crippen LogP contribution in [0.2, 0.25) is 0 Å². The highest BCUT2D eigenvalue weighted by Gasteiger charge is 2.29. The van der Waals surface area contributed by atoms with Crippen molar-refractivity contribution < 1.29 is 18.8 Å². The number of nitrogens with one attached hydrogen (secondary N) is 1. The van der Waals surface area contributed by atoms with Crippen LogP contribution < -0.4 is 22.2 Å². The first kappa shape index (κ1) is 32.1. The van der Waals surface area contributed by atoms with Crippen LogP contribution in [0.4, 0.5) is 15.9 Å². The van der Waals surface area contributed by atoms with Crippen LogP contribution >= 0.6 is 0 Å². The molecule has 0 bridgehead atoms. The van der Waals surface area contributed by atoms with Crippen molar-refractivity contribution in [2.75, 3.05) is 24.1 Å². The van der Waals surface area contributed by atoms with Crippen molar-refractivity contribution in [2.45, 2.75) is 32.6 Å². The van der Waals surface area contributed by atoms with Gasteiger partial charge in [0.15, 0.2) is 5.82 Å². The number of nitrogen functional groups attached to an aromatic ring is 1. The molecule has 0 spiro atoms. The number of carbonyl (C=O) groups is 3. The third-order valence-corrected chi connectivity index (χ3v) is 8.78. The molecule has 48 heavy (non-hydrogen) atoms. The topological polar surface area (TPSA) is 171 Å². The van der Waals surface area contributed by atoms with Gasteiger partial charge in [-0.25, -0.2) is 13.9 Å². The summed E-state index contributed by atoms with van der Waals surface area (Å²) in [5.41, 5.74) is 14.7. The lowest BCUT2D eigenvalue weighted by Gasteiger charge is -2.33. The fourth-order valence-electron chi connectivity index (χ4n) is 6.37. The summed E-state index contributed by atoms with van der Waals surface area (Å²) in [4.78, 5) is 57.9. The van der Waals surface area contributed by atoms with Crippen molar-refractivity contribution >= 4 is 34.7 Å². The lowest BCUT2D eigenvalue weighted by atomic mass is 9.92. The van der Waals surface area contributed by atoms with E-state index in [0.717, 1.165) is 41.8 Å². The number of amides is 3. The Morgan fingerprint density at radius 2 is 1.65 bits per heavy atom. The predicted molar refractivity (Wildman–Crippen MR) is 180 cm³/mol. The molecule has 0 radical (unpaired) electrons. The first-order valence-electron chi connectivity index (χ1n) is 15.6. The largest absolute Gasteiger partial charge is 0.382 e. The van der Waals surface area contributed by atoms with E-state index in [1.165, 1.54) is 36.3 Å². The van der Waals surface area contributed by atoms with Crippen molar-refractivity contribution in [1.29, 1.82) is 0 Å². The van der Waals surface area contributed by atoms with E-state index in [4.69, 9.17) is 11.5 Å². The van der Waals surface area contributed by atoms with Gasteiger partial charge in [0.25, 0.3) is 11.8 Å². The third-order valence-electron chi connectivity index (χ3n) is 8.78. The number of likely N-dealkylation sites (tertiary alicyclic amines) is 1. The second-order valence-corrected chi connectivity index (χ2v) is 12.3. The number of carbonyl (C=O) groups excluding carboxylic acids is 3. The van der Waals surface area contributed by atoms with Gasteiger partial charge in [-0.2, -0.15) is 5.10 Å². The number of hydrogen-bond acceptors (Lipinski definition) is 7. The van der Waals surface area contributed by atoms with Crippen LogP contribution in [0.25, 0.3) is 27.8 Å². The van der Waals surface area contributed by atoms with Crippen LogP contribution in [-0.2, 0) is 11.8 Å². The molecule has 0 aliphatic carbocycles. The van der Waals surface area contributed by atoms with Gasteiger partial charge in [0.05, 0.1) is 5.56 Å². The minimum Gasteiger partial charge on any atom is -0.382 e. The number of aromatic nitrogens is 4. The molecule has 1 saturated heterocycles. The molecule has 3 aromatic heterocycles. The predicted octanol–water partition coefficient (Wildman–Crippen LogP) is 4.20. The van der Waals surface area contributed by atoms with Crippen molar-refractivity contribution in [3.8, 4) is 22.3 Å². The zero-order valence-electron chi connectivity index (χ0n) is 26.7. The van der Waals surface area contributed by atoms with Gasteiger partial charge in [-0.1, -0.05) is 38.1 Å². The molecule has 12 nitrogen and oxygen atoms in total. The smallest absolute Gasteiger partial charge is 0.266 e. The molecule has 4 heterocycles. The molecular formula is C35H35FN8O4. The van der Waals surface area contributed by atoms with Gasteiger partial charge >= 0.3 is 0 Å². The second kappa shape index (κ2) is 12.7. The average molecular weight is 651 g/mol. The molecule has 5 aromatic rings. The number of nitrogens with zero attached hydrogens (tertiary/aromatic N) is 5. The highest BCUT2D eigenvalue weighted by atomic mass is 19.1. The number of aryl methyl sites for hydroxylation is 1. The molecule has 3 amide bonds. The number of piperidine rings is 1. The van der Waals surface area contributed by atoms with Gasteiger partial charge in [-0.3, -0.25) is 19.2 Å². The van der Waals surface area contributed by atoms with Crippen LogP contribution in [0, 0.1) is 11.7 Å². The van der Waals surface area contributed by atoms with Crippen molar-refractivity contribution in [3.63, 3.8) is 0 Å². The first-order valence-corrected chi connectivity index (χ1v) is 15.6. The van der Waals surface area contributed by atoms with E-state index >= 15 is 0 Å². The standard InChI is InChI=1S/C35H35FN8O4/c1-19(2)35(48)43-14-12-21(13-15-43)27-16-25(29-32(37)39-18-40-44(27)29)20-6-10-24(11-7-20)41-34(47)26-17-42(3)30(33(38)46)28(31(26)45)22-4-8-23(36)9-5-22/h4-11,16-19,21H,12-15H2,1-3H3,(H2,38,46)(H,41,47)(H2,37,39,40). The Kier molecular flexibility index (Phi) is 8.52. The molecule has 0 unspecified atom stereocenters. The fraction of sp³-hybridized carbons (Fsp3) is 0.257. The number of fused-ring (bicyclic) bond motifs is 1. The zero-order chi connectivity index (χ0) is 34.3. The lowest BCUT2D eigenvalue weighted by Crippen LogP contribution is -2.40. The number of rotatable bonds is 7. The third kappa shape index (κ3) is 5.90. The molecule has 1 aliphatic heterocycles. The van der Waals surface area contributed by atoms with Crippen LogP contribution in [0.5, 0.6) is 0 Å². The van der Waals surface area contributed by atoms with Crippen molar-refractivity contribution in [3.05, 3.63) is 100 Å². The molecule has 1 fully saturated rings. The maximum absolute atomic E-state index is 13.6. The molecule has 0 atom stereocenters. The Hall–Kier alpha value is -5.85. The summed E-state index contributed by atoms with van der Waals surface area (Å²) in [5, 5.41) is 7.26. The van der Waals surface area contributed by atoms with Gasteiger partial charge < -0.3 is 26.3 Å². The van der Waals surface area contributed by atoms with E-state index in [1.807, 2.05) is 35.4 Å². The average Bonchev–Trinajstić information content (AvgIpc) is 3.46. The van der Waals surface area contributed by atoms with Crippen molar-refractivity contribution in [1.82, 2.24) is 24.1 Å². The van der Waals surface area contributed by atoms with Crippen LogP contribution in [-0.4, -0.2) is 54.9 Å². The minimum absolute atomic E-state index is 0.0470. The number of nitrogens with two attached hydrogens (primary N) is 2. The number of primary amides is 1. The van der Waals surface area contributed by atoms with E-state index in [2.05, 4.69) is 21.5 Å². The molecule has 246 valence electrons. The van der Waals surface area contributed by atoms with Gasteiger partial charge in [0, 0.05) is 55.1 Å². The van der Waals surface area contributed by atoms with Crippen LogP contribution in [0.1, 0.15) is 59.1 Å². The molecule has 6 rings (SSSR count). The normalized spacial score (nSPS) is 13.6. The minimum atomic E-state index is -0.865. The number of benzene rings is 2. The lowest BCUT2D eigenvalue weighted by molar-refractivity contribution is -0.135. The summed E-state index contributed by atoms with van der Waals surface area (Å²) in [7, 11) is 1.50. The maximum Gasteiger partial charge on any atom is 0.266 e. The van der Waals surface area contributed by atoms with E-state index in [1.54, 1.807) is 12.1 Å². The highest BCUT2D eigenvalue weighted by Crippen LogP contribution is 2.37. The SMILES string of the molecule is CC(C)C(=O)N1CCC(c2cc(-c3ccc(NC(=O)c4cn(C)c(C(N)=O)c(-c5ccc(F)cc5)c4=O)cc3)c3c(N)ncnn23)CC1. The molecule has 1 aliphatic rings. The molecule has 2 aromatic carbocycles. The molecule has 5 N–H and O–H groups in total. The Balaban J connectivity index is 1.28. The number of anilines is 2. The number of pyridine rings is 1. The molecule has 13 heteroatoms. The summed E-state index contributed by atoms with van der Waals surface area (Å²) in [6, 6.07) is 14.1. The van der Waals surface area contributed by atoms with Gasteiger partial charge in [-0.15, -0.1) is 0 Å². The van der Waals surface area contributed by atoms with Gasteiger partial charge in [0.2, 0.25) is 11.3 Å². The number of hydrogen-bond donors (Lipinski definition) is 3. The van der Waals surface area contributed by atoms with Gasteiger partial charge in [0.1, 0.15) is 28.9 Å². The molecule has 0 saturated carbocycles. The van der Waals surface area contributed by atoms with Crippen molar-refractivity contribution in [2.24, 2.45) is 18.7 Å². The second-order valence-electron chi connectivity index (χ2n) is 12.3. The Labute approximate surface area is 275 Å². The maximum atomic E-state index is 13.6. The van der Waals surface area contributed by atoms with E-state index in [0.29, 0.717) is 30.1 Å². The zero-order valence-corrected chi connectivity index (χ0v) is 26.7. The van der Waals surface area contributed by atoms with E-state index in [-0.39, 0.29) is 40.1 Å². The van der Waals surface area contributed by atoms with E-state index in [9.17, 15) is 23.6 Å². The Morgan fingerprint density at radius 3 is 2.27 bits per heavy atom. The summed E-state index contributed by atoms with van der Waals surface area (Å²) in [6.07, 6.45) is 4.26. The number of halogens is 1.